The van der Waals surface area contributed by atoms with E-state index >= 15 is 0 Å². The fourth-order valence-electron chi connectivity index (χ4n) is 0.204. The van der Waals surface area contributed by atoms with Crippen LogP contribution >= 0.6 is 0 Å². The smallest absolute Gasteiger partial charge is 0.0459 e. The van der Waals surface area contributed by atoms with Crippen molar-refractivity contribution < 1.29 is 4.74 Å². The third-order valence-corrected chi connectivity index (χ3v) is 2.04. The molecule has 1 nitrogen and oxygen atoms in total. The normalized spacial score (nSPS) is 8.62. The van der Waals surface area contributed by atoms with Gasteiger partial charge in [0.1, 0.15) is 0 Å². The molecule has 0 aromatic rings. The molecule has 0 aliphatic heterocycles. The molecule has 0 heterocycles. The van der Waals surface area contributed by atoms with Crippen LogP contribution in [0.2, 0.25) is 0 Å². The standard InChI is InChI=1S/2C5H12.C4H10O.CH4/c2*1-4-5(2)3;1-3-4-5-2;/h2*5H,4H2,1-3H3;3-4H2,1-2H3;1H4. The van der Waals surface area contributed by atoms with Gasteiger partial charge in [-0.15, -0.1) is 0 Å². The fraction of sp³-hybridized carbons (Fsp3) is 1.00. The molecule has 1 heteroatoms. The Labute approximate surface area is 106 Å². The maximum atomic E-state index is 4.69. The first-order valence-corrected chi connectivity index (χ1v) is 6.44. The van der Waals surface area contributed by atoms with Gasteiger partial charge in [-0.05, 0) is 18.3 Å². The molecule has 0 N–H and O–H groups in total. The van der Waals surface area contributed by atoms with Crippen molar-refractivity contribution in [1.82, 2.24) is 0 Å². The van der Waals surface area contributed by atoms with E-state index in [1.54, 1.807) is 7.11 Å². The van der Waals surface area contributed by atoms with Gasteiger partial charge in [0, 0.05) is 13.7 Å². The Bertz CT molecular complexity index is 67.5. The van der Waals surface area contributed by atoms with Crippen LogP contribution in [0.4, 0.5) is 0 Å². The van der Waals surface area contributed by atoms with Gasteiger partial charge in [0.05, 0.1) is 0 Å². The second-order valence-electron chi connectivity index (χ2n) is 4.60. The predicted molar refractivity (Wildman–Crippen MR) is 79.2 cm³/mol. The Morgan fingerprint density at radius 1 is 0.812 bits per heavy atom. The molecule has 104 valence electrons. The molecule has 0 aliphatic carbocycles. The van der Waals surface area contributed by atoms with Crippen LogP contribution in [0, 0.1) is 11.8 Å². The molecule has 0 bridgehead atoms. The second kappa shape index (κ2) is 24.3. The van der Waals surface area contributed by atoms with Gasteiger partial charge >= 0.3 is 0 Å². The van der Waals surface area contributed by atoms with Gasteiger partial charge in [-0.1, -0.05) is 68.7 Å². The molecular weight excluding hydrogens is 196 g/mol. The van der Waals surface area contributed by atoms with E-state index in [4.69, 9.17) is 4.74 Å². The Hall–Kier alpha value is -0.0400. The summed E-state index contributed by atoms with van der Waals surface area (Å²) in [6, 6.07) is 0. The summed E-state index contributed by atoms with van der Waals surface area (Å²) in [5.41, 5.74) is 0. The van der Waals surface area contributed by atoms with E-state index in [1.807, 2.05) is 0 Å². The van der Waals surface area contributed by atoms with Gasteiger partial charge in [-0.25, -0.2) is 0 Å². The van der Waals surface area contributed by atoms with Gasteiger partial charge < -0.3 is 4.74 Å². The van der Waals surface area contributed by atoms with E-state index in [-0.39, 0.29) is 7.43 Å². The highest BCUT2D eigenvalue weighted by atomic mass is 16.5. The molecular formula is C15H38O. The molecule has 0 saturated heterocycles. The Morgan fingerprint density at radius 3 is 1.06 bits per heavy atom. The average molecular weight is 234 g/mol. The Morgan fingerprint density at radius 2 is 1.06 bits per heavy atom. The van der Waals surface area contributed by atoms with Gasteiger partial charge in [0.2, 0.25) is 0 Å². The van der Waals surface area contributed by atoms with Crippen molar-refractivity contribution in [3.63, 3.8) is 0 Å². The fourth-order valence-corrected chi connectivity index (χ4v) is 0.204. The zero-order valence-electron chi connectivity index (χ0n) is 12.4. The van der Waals surface area contributed by atoms with Crippen LogP contribution in [-0.2, 0) is 4.74 Å². The Balaban J connectivity index is -0.0000000655. The minimum Gasteiger partial charge on any atom is -0.385 e. The largest absolute Gasteiger partial charge is 0.385 e. The summed E-state index contributed by atoms with van der Waals surface area (Å²) in [7, 11) is 1.71. The van der Waals surface area contributed by atoms with Crippen molar-refractivity contribution in [3.05, 3.63) is 0 Å². The SMILES string of the molecule is C.CCC(C)C.CCC(C)C.CCCOC. The molecule has 0 radical (unpaired) electrons. The van der Waals surface area contributed by atoms with Crippen molar-refractivity contribution in [2.75, 3.05) is 13.7 Å². The van der Waals surface area contributed by atoms with Crippen LogP contribution in [0.5, 0.6) is 0 Å². The summed E-state index contributed by atoms with van der Waals surface area (Å²) in [4.78, 5) is 0. The number of ether oxygens (including phenoxy) is 1. The molecule has 16 heavy (non-hydrogen) atoms. The van der Waals surface area contributed by atoms with E-state index < -0.39 is 0 Å². The summed E-state index contributed by atoms with van der Waals surface area (Å²) >= 11 is 0. The summed E-state index contributed by atoms with van der Waals surface area (Å²) in [6.45, 7) is 16.3. The molecule has 0 unspecified atom stereocenters. The lowest BCUT2D eigenvalue weighted by Crippen LogP contribution is -1.80. The van der Waals surface area contributed by atoms with E-state index in [2.05, 4.69) is 48.5 Å². The lowest BCUT2D eigenvalue weighted by atomic mass is 10.2. The highest BCUT2D eigenvalue weighted by Gasteiger charge is 1.80. The predicted octanol–water partition coefficient (Wildman–Crippen LogP) is 5.78. The maximum Gasteiger partial charge on any atom is 0.0459 e. The van der Waals surface area contributed by atoms with Crippen molar-refractivity contribution in [3.8, 4) is 0 Å². The molecule has 0 aromatic heterocycles. The molecule has 0 spiro atoms. The van der Waals surface area contributed by atoms with Gasteiger partial charge in [0.15, 0.2) is 0 Å². The molecule has 0 aliphatic rings. The molecule has 0 atom stereocenters. The minimum atomic E-state index is 0. The average Bonchev–Trinajstić information content (AvgIpc) is 2.20. The third kappa shape index (κ3) is 66.0. The van der Waals surface area contributed by atoms with E-state index in [9.17, 15) is 0 Å². The zero-order chi connectivity index (χ0) is 12.7. The van der Waals surface area contributed by atoms with Crippen LogP contribution in [-0.4, -0.2) is 13.7 Å². The lowest BCUT2D eigenvalue weighted by molar-refractivity contribution is 0.199. The highest BCUT2D eigenvalue weighted by molar-refractivity contribution is 4.33. The number of methoxy groups -OCH3 is 1. The van der Waals surface area contributed by atoms with E-state index in [0.29, 0.717) is 0 Å². The van der Waals surface area contributed by atoms with Crippen molar-refractivity contribution in [2.24, 2.45) is 11.8 Å². The van der Waals surface area contributed by atoms with Gasteiger partial charge in [-0.2, -0.15) is 0 Å². The summed E-state index contributed by atoms with van der Waals surface area (Å²) < 4.78 is 4.69. The first-order chi connectivity index (χ1) is 6.95. The molecule has 0 amide bonds. The van der Waals surface area contributed by atoms with E-state index in [0.717, 1.165) is 24.9 Å². The minimum absolute atomic E-state index is 0. The second-order valence-corrected chi connectivity index (χ2v) is 4.60. The van der Waals surface area contributed by atoms with Crippen LogP contribution in [0.25, 0.3) is 0 Å². The third-order valence-electron chi connectivity index (χ3n) is 2.04. The molecule has 0 fully saturated rings. The van der Waals surface area contributed by atoms with Crippen LogP contribution in [0.1, 0.15) is 75.2 Å². The summed E-state index contributed by atoms with van der Waals surface area (Å²) in [5, 5.41) is 0. The topological polar surface area (TPSA) is 9.23 Å². The maximum absolute atomic E-state index is 4.69. The first kappa shape index (κ1) is 25.0. The van der Waals surface area contributed by atoms with Crippen LogP contribution in [0.3, 0.4) is 0 Å². The van der Waals surface area contributed by atoms with Crippen molar-refractivity contribution >= 4 is 0 Å². The molecule has 0 saturated carbocycles. The monoisotopic (exact) mass is 234 g/mol. The van der Waals surface area contributed by atoms with Gasteiger partial charge in [0.25, 0.3) is 0 Å². The number of rotatable bonds is 4. The molecule has 0 rings (SSSR count). The number of hydrogen-bond donors (Lipinski definition) is 0. The zero-order valence-corrected chi connectivity index (χ0v) is 12.4. The van der Waals surface area contributed by atoms with Crippen molar-refractivity contribution in [1.29, 1.82) is 0 Å². The van der Waals surface area contributed by atoms with Crippen LogP contribution in [0.15, 0.2) is 0 Å². The first-order valence-electron chi connectivity index (χ1n) is 6.44. The van der Waals surface area contributed by atoms with Gasteiger partial charge in [-0.3, -0.25) is 0 Å². The Kier molecular flexibility index (Phi) is 37.9. The van der Waals surface area contributed by atoms with E-state index in [1.165, 1.54) is 12.8 Å². The van der Waals surface area contributed by atoms with Crippen LogP contribution < -0.4 is 0 Å². The quantitative estimate of drug-likeness (QED) is 0.599. The lowest BCUT2D eigenvalue weighted by Gasteiger charge is -1.90. The summed E-state index contributed by atoms with van der Waals surface area (Å²) in [6.07, 6.45) is 3.73. The number of hydrogen-bond acceptors (Lipinski definition) is 1. The summed E-state index contributed by atoms with van der Waals surface area (Å²) in [5.74, 6) is 1.77. The van der Waals surface area contributed by atoms with Crippen molar-refractivity contribution in [2.45, 2.75) is 75.2 Å². The molecule has 0 aromatic carbocycles. The highest BCUT2D eigenvalue weighted by Crippen LogP contribution is 1.94.